The number of anilines is 1. The summed E-state index contributed by atoms with van der Waals surface area (Å²) in [4.78, 5) is 42.9. The molecule has 1 aromatic carbocycles. The number of carbonyl (C=O) groups is 3. The second kappa shape index (κ2) is 8.10. The van der Waals surface area contributed by atoms with Crippen LogP contribution >= 0.6 is 11.3 Å². The highest BCUT2D eigenvalue weighted by atomic mass is 32.1. The predicted molar refractivity (Wildman–Crippen MR) is 104 cm³/mol. The first-order valence-electron chi connectivity index (χ1n) is 9.40. The Labute approximate surface area is 166 Å². The molecule has 2 aromatic rings. The number of nitrogens with zero attached hydrogens (tertiary/aromatic N) is 2. The van der Waals surface area contributed by atoms with Gasteiger partial charge in [0.05, 0.1) is 12.1 Å². The highest BCUT2D eigenvalue weighted by Gasteiger charge is 2.31. The van der Waals surface area contributed by atoms with Crippen molar-refractivity contribution in [2.75, 3.05) is 11.4 Å². The summed E-state index contributed by atoms with van der Waals surface area (Å²) in [6, 6.07) is 9.17. The zero-order chi connectivity index (χ0) is 19.5. The predicted octanol–water partition coefficient (Wildman–Crippen LogP) is 2.38. The number of ether oxygens (including phenoxy) is 1. The van der Waals surface area contributed by atoms with E-state index in [1.807, 2.05) is 6.07 Å². The zero-order valence-electron chi connectivity index (χ0n) is 15.3. The van der Waals surface area contributed by atoms with Gasteiger partial charge in [0.2, 0.25) is 12.0 Å². The molecule has 2 amide bonds. The molecule has 0 spiro atoms. The van der Waals surface area contributed by atoms with Crippen molar-refractivity contribution in [2.45, 2.75) is 44.2 Å². The van der Waals surface area contributed by atoms with Crippen LogP contribution in [-0.4, -0.2) is 35.4 Å². The van der Waals surface area contributed by atoms with Crippen LogP contribution in [0, 0.1) is 0 Å². The van der Waals surface area contributed by atoms with Crippen LogP contribution in [0.2, 0.25) is 0 Å². The molecule has 0 bridgehead atoms. The van der Waals surface area contributed by atoms with Gasteiger partial charge in [-0.1, -0.05) is 30.3 Å². The summed E-state index contributed by atoms with van der Waals surface area (Å²) >= 11 is 1.34. The molecule has 7 nitrogen and oxygen atoms in total. The number of carbonyl (C=O) groups excluding carboxylic acids is 3. The number of aromatic nitrogens is 1. The van der Waals surface area contributed by atoms with Gasteiger partial charge in [-0.2, -0.15) is 0 Å². The first kappa shape index (κ1) is 18.6. The topological polar surface area (TPSA) is 88.6 Å². The van der Waals surface area contributed by atoms with Gasteiger partial charge < -0.3 is 10.1 Å². The molecule has 1 N–H and O–H groups in total. The number of rotatable bonds is 7. The van der Waals surface area contributed by atoms with Crippen LogP contribution in [-0.2, 0) is 25.5 Å². The molecule has 0 radical (unpaired) electrons. The minimum Gasteiger partial charge on any atom is -0.447 e. The molecule has 4 rings (SSSR count). The number of amides is 2. The highest BCUT2D eigenvalue weighted by Crippen LogP contribution is 2.27. The van der Waals surface area contributed by atoms with E-state index in [9.17, 15) is 14.4 Å². The summed E-state index contributed by atoms with van der Waals surface area (Å²) in [6.07, 6.45) is 2.25. The lowest BCUT2D eigenvalue weighted by molar-refractivity contribution is -0.156. The van der Waals surface area contributed by atoms with Crippen molar-refractivity contribution in [3.63, 3.8) is 0 Å². The monoisotopic (exact) mass is 399 g/mol. The van der Waals surface area contributed by atoms with Crippen LogP contribution in [0.5, 0.6) is 0 Å². The third-order valence-electron chi connectivity index (χ3n) is 4.68. The molecule has 0 unspecified atom stereocenters. The number of hydrogen-bond acceptors (Lipinski definition) is 6. The normalized spacial score (nSPS) is 17.4. The lowest BCUT2D eigenvalue weighted by Crippen LogP contribution is -2.33. The van der Waals surface area contributed by atoms with E-state index in [4.69, 9.17) is 4.74 Å². The van der Waals surface area contributed by atoms with Crippen molar-refractivity contribution in [3.05, 3.63) is 47.0 Å². The van der Waals surface area contributed by atoms with Crippen LogP contribution in [0.4, 0.5) is 5.13 Å². The smallest absolute Gasteiger partial charge is 0.313 e. The van der Waals surface area contributed by atoms with E-state index < -0.39 is 12.1 Å². The van der Waals surface area contributed by atoms with Gasteiger partial charge in [0.15, 0.2) is 5.13 Å². The van der Waals surface area contributed by atoms with Crippen molar-refractivity contribution in [3.8, 4) is 0 Å². The number of benzene rings is 1. The quantitative estimate of drug-likeness (QED) is 0.722. The summed E-state index contributed by atoms with van der Waals surface area (Å²) < 4.78 is 5.52. The lowest BCUT2D eigenvalue weighted by Gasteiger charge is -2.17. The number of nitrogens with one attached hydrogen (secondary N) is 1. The maximum atomic E-state index is 12.6. The minimum atomic E-state index is -0.979. The van der Waals surface area contributed by atoms with E-state index in [0.717, 1.165) is 19.3 Å². The Kier molecular flexibility index (Phi) is 5.38. The Morgan fingerprint density at radius 3 is 2.75 bits per heavy atom. The zero-order valence-corrected chi connectivity index (χ0v) is 16.1. The molecule has 1 aliphatic heterocycles. The largest absolute Gasteiger partial charge is 0.447 e. The van der Waals surface area contributed by atoms with Gasteiger partial charge in [-0.05, 0) is 19.3 Å². The Balaban J connectivity index is 1.42. The summed E-state index contributed by atoms with van der Waals surface area (Å²) in [6.45, 7) is 0.660. The Morgan fingerprint density at radius 2 is 2.07 bits per heavy atom. The summed E-state index contributed by atoms with van der Waals surface area (Å²) in [5, 5.41) is 5.26. The molecule has 28 heavy (non-hydrogen) atoms. The summed E-state index contributed by atoms with van der Waals surface area (Å²) in [7, 11) is 0. The SMILES string of the molecule is O=C(Cc1csc(N2CCCC2=O)n1)O[C@H](C(=O)NC1CC1)c1ccccc1. The third-order valence-corrected chi connectivity index (χ3v) is 5.60. The molecule has 1 aliphatic carbocycles. The molecule has 2 aliphatic rings. The van der Waals surface area contributed by atoms with Crippen LogP contribution in [0.1, 0.15) is 43.0 Å². The average molecular weight is 399 g/mol. The average Bonchev–Trinajstić information content (AvgIpc) is 3.21. The number of thiazole rings is 1. The second-order valence-electron chi connectivity index (χ2n) is 7.01. The molecule has 1 saturated heterocycles. The van der Waals surface area contributed by atoms with Gasteiger partial charge in [0.25, 0.3) is 5.91 Å². The van der Waals surface area contributed by atoms with Crippen molar-refractivity contribution >= 4 is 34.3 Å². The lowest BCUT2D eigenvalue weighted by atomic mass is 10.1. The molecule has 8 heteroatoms. The van der Waals surface area contributed by atoms with Crippen molar-refractivity contribution in [2.24, 2.45) is 0 Å². The molecular weight excluding hydrogens is 378 g/mol. The minimum absolute atomic E-state index is 0.0431. The van der Waals surface area contributed by atoms with Gasteiger partial charge >= 0.3 is 5.97 Å². The van der Waals surface area contributed by atoms with Crippen molar-refractivity contribution in [1.29, 1.82) is 0 Å². The number of esters is 1. The van der Waals surface area contributed by atoms with E-state index in [2.05, 4.69) is 10.3 Å². The maximum Gasteiger partial charge on any atom is 0.313 e. The molecule has 2 fully saturated rings. The van der Waals surface area contributed by atoms with Crippen LogP contribution < -0.4 is 10.2 Å². The van der Waals surface area contributed by atoms with Gasteiger partial charge in [-0.3, -0.25) is 19.3 Å². The van der Waals surface area contributed by atoms with Crippen molar-refractivity contribution < 1.29 is 19.1 Å². The first-order valence-corrected chi connectivity index (χ1v) is 10.3. The fourth-order valence-electron chi connectivity index (χ4n) is 3.08. The Hall–Kier alpha value is -2.74. The van der Waals surface area contributed by atoms with Gasteiger partial charge in [-0.15, -0.1) is 11.3 Å². The van der Waals surface area contributed by atoms with E-state index in [1.165, 1.54) is 11.3 Å². The molecule has 1 aromatic heterocycles. The summed E-state index contributed by atoms with van der Waals surface area (Å²) in [5.74, 6) is -0.766. The first-order chi connectivity index (χ1) is 13.6. The van der Waals surface area contributed by atoms with E-state index in [1.54, 1.807) is 34.5 Å². The highest BCUT2D eigenvalue weighted by molar-refractivity contribution is 7.14. The third kappa shape index (κ3) is 4.39. The summed E-state index contributed by atoms with van der Waals surface area (Å²) in [5.41, 5.74) is 1.18. The van der Waals surface area contributed by atoms with Gasteiger partial charge in [-0.25, -0.2) is 4.98 Å². The standard InChI is InChI=1S/C20H21N3O4S/c24-16-7-4-10-23(16)20-22-15(12-28-20)11-17(25)27-18(13-5-2-1-3-6-13)19(26)21-14-8-9-14/h1-3,5-6,12,14,18H,4,7-11H2,(H,21,26)/t18-/m0/s1. The van der Waals surface area contributed by atoms with Crippen molar-refractivity contribution in [1.82, 2.24) is 10.3 Å². The number of hydrogen-bond donors (Lipinski definition) is 1. The Bertz CT molecular complexity index is 879. The second-order valence-corrected chi connectivity index (χ2v) is 7.85. The fraction of sp³-hybridized carbons (Fsp3) is 0.400. The van der Waals surface area contributed by atoms with Crippen LogP contribution in [0.3, 0.4) is 0 Å². The Morgan fingerprint density at radius 1 is 1.29 bits per heavy atom. The molecule has 1 atom stereocenters. The van der Waals surface area contributed by atoms with Crippen LogP contribution in [0.25, 0.3) is 0 Å². The van der Waals surface area contributed by atoms with Crippen LogP contribution in [0.15, 0.2) is 35.7 Å². The maximum absolute atomic E-state index is 12.6. The molecule has 146 valence electrons. The fourth-order valence-corrected chi connectivity index (χ4v) is 3.95. The van der Waals surface area contributed by atoms with E-state index in [0.29, 0.717) is 29.4 Å². The van der Waals surface area contributed by atoms with Gasteiger partial charge in [0, 0.05) is 30.0 Å². The van der Waals surface area contributed by atoms with Gasteiger partial charge in [0.1, 0.15) is 0 Å². The molecule has 2 heterocycles. The molecule has 1 saturated carbocycles. The molecular formula is C20H21N3O4S. The van der Waals surface area contributed by atoms with E-state index in [-0.39, 0.29) is 24.3 Å². The van der Waals surface area contributed by atoms with E-state index >= 15 is 0 Å².